The van der Waals surface area contributed by atoms with Crippen molar-refractivity contribution in [1.82, 2.24) is 4.57 Å². The standard InChI is InChI=1S/C19H18N4O5/c24-18(20-13-4-3-5-14(10-13)21-8-1-2-9-21)12-22-16-7-6-15(23(26)27)11-17(16)28-19(22)25/h3-7,10-11H,1-2,8-9,12H2,(H,20,24). The van der Waals surface area contributed by atoms with Crippen LogP contribution in [0.1, 0.15) is 12.8 Å². The lowest BCUT2D eigenvalue weighted by Gasteiger charge is -2.18. The molecule has 0 bridgehead atoms. The number of hydrogen-bond acceptors (Lipinski definition) is 6. The van der Waals surface area contributed by atoms with E-state index in [1.807, 2.05) is 18.2 Å². The van der Waals surface area contributed by atoms with Gasteiger partial charge in [0.25, 0.3) is 5.69 Å². The number of amides is 1. The van der Waals surface area contributed by atoms with Gasteiger partial charge >= 0.3 is 5.76 Å². The van der Waals surface area contributed by atoms with Crippen LogP contribution in [0.2, 0.25) is 0 Å². The van der Waals surface area contributed by atoms with Crippen LogP contribution in [-0.2, 0) is 11.3 Å². The molecule has 1 N–H and O–H groups in total. The second-order valence-corrected chi connectivity index (χ2v) is 6.66. The first-order chi connectivity index (χ1) is 13.5. The Morgan fingerprint density at radius 3 is 2.71 bits per heavy atom. The van der Waals surface area contributed by atoms with E-state index >= 15 is 0 Å². The number of hydrogen-bond donors (Lipinski definition) is 1. The number of non-ortho nitro benzene ring substituents is 1. The van der Waals surface area contributed by atoms with Crippen LogP contribution in [0.5, 0.6) is 0 Å². The SMILES string of the molecule is O=C(Cn1c(=O)oc2cc([N+](=O)[O-])ccc21)Nc1cccc(N2CCCC2)c1. The number of carbonyl (C=O) groups excluding carboxylic acids is 1. The average molecular weight is 382 g/mol. The zero-order valence-electron chi connectivity index (χ0n) is 15.0. The molecule has 0 aliphatic carbocycles. The molecule has 4 rings (SSSR count). The molecule has 0 radical (unpaired) electrons. The van der Waals surface area contributed by atoms with Crippen LogP contribution in [-0.4, -0.2) is 28.5 Å². The summed E-state index contributed by atoms with van der Waals surface area (Å²) in [7, 11) is 0. The fraction of sp³-hybridized carbons (Fsp3) is 0.263. The van der Waals surface area contributed by atoms with Gasteiger partial charge in [-0.3, -0.25) is 19.5 Å². The van der Waals surface area contributed by atoms with E-state index in [1.165, 1.54) is 18.2 Å². The minimum Gasteiger partial charge on any atom is -0.407 e. The monoisotopic (exact) mass is 382 g/mol. The van der Waals surface area contributed by atoms with Crippen molar-refractivity contribution in [1.29, 1.82) is 0 Å². The number of nitrogens with one attached hydrogen (secondary N) is 1. The van der Waals surface area contributed by atoms with Gasteiger partial charge in [0.2, 0.25) is 5.91 Å². The summed E-state index contributed by atoms with van der Waals surface area (Å²) >= 11 is 0. The summed E-state index contributed by atoms with van der Waals surface area (Å²) in [5.74, 6) is -1.13. The van der Waals surface area contributed by atoms with Gasteiger partial charge in [-0.1, -0.05) is 6.07 Å². The van der Waals surface area contributed by atoms with E-state index in [-0.39, 0.29) is 23.7 Å². The van der Waals surface area contributed by atoms with Crippen LogP contribution in [0, 0.1) is 10.1 Å². The molecule has 9 heteroatoms. The van der Waals surface area contributed by atoms with E-state index in [1.54, 1.807) is 6.07 Å². The van der Waals surface area contributed by atoms with Crippen molar-refractivity contribution < 1.29 is 14.1 Å². The van der Waals surface area contributed by atoms with Crippen LogP contribution in [0.3, 0.4) is 0 Å². The second kappa shape index (κ2) is 7.18. The van der Waals surface area contributed by atoms with E-state index in [4.69, 9.17) is 4.42 Å². The lowest BCUT2D eigenvalue weighted by atomic mass is 10.2. The molecule has 1 fully saturated rings. The number of carbonyl (C=O) groups is 1. The summed E-state index contributed by atoms with van der Waals surface area (Å²) in [5, 5.41) is 13.6. The first-order valence-corrected chi connectivity index (χ1v) is 8.94. The Labute approximate surface area is 159 Å². The fourth-order valence-corrected chi connectivity index (χ4v) is 3.42. The molecular formula is C19H18N4O5. The number of oxazole rings is 1. The number of fused-ring (bicyclic) bond motifs is 1. The molecule has 1 aromatic heterocycles. The van der Waals surface area contributed by atoms with E-state index in [9.17, 15) is 19.7 Å². The third-order valence-corrected chi connectivity index (χ3v) is 4.77. The van der Waals surface area contributed by atoms with Gasteiger partial charge in [0, 0.05) is 30.5 Å². The Hall–Kier alpha value is -3.62. The largest absolute Gasteiger partial charge is 0.420 e. The topological polar surface area (TPSA) is 111 Å². The van der Waals surface area contributed by atoms with Crippen molar-refractivity contribution in [2.45, 2.75) is 19.4 Å². The fourth-order valence-electron chi connectivity index (χ4n) is 3.42. The number of nitro benzene ring substituents is 1. The predicted octanol–water partition coefficient (Wildman–Crippen LogP) is 2.74. The third kappa shape index (κ3) is 3.46. The van der Waals surface area contributed by atoms with Crippen LogP contribution < -0.4 is 16.0 Å². The molecule has 0 unspecified atom stereocenters. The van der Waals surface area contributed by atoms with Crippen molar-refractivity contribution in [3.63, 3.8) is 0 Å². The Kier molecular flexibility index (Phi) is 4.56. The first kappa shape index (κ1) is 17.8. The minimum absolute atomic E-state index is 0.0723. The third-order valence-electron chi connectivity index (χ3n) is 4.77. The summed E-state index contributed by atoms with van der Waals surface area (Å²) in [6.45, 7) is 1.75. The molecule has 0 saturated carbocycles. The summed E-state index contributed by atoms with van der Waals surface area (Å²) in [6, 6.07) is 11.4. The molecule has 2 aromatic carbocycles. The molecule has 1 aliphatic heterocycles. The van der Waals surface area contributed by atoms with Gasteiger partial charge in [0.1, 0.15) is 6.54 Å². The molecule has 1 aliphatic rings. The van der Waals surface area contributed by atoms with Gasteiger partial charge in [-0.15, -0.1) is 0 Å². The highest BCUT2D eigenvalue weighted by molar-refractivity contribution is 5.92. The van der Waals surface area contributed by atoms with Gasteiger partial charge in [0.05, 0.1) is 16.5 Å². The minimum atomic E-state index is -0.739. The Balaban J connectivity index is 1.52. The zero-order valence-corrected chi connectivity index (χ0v) is 15.0. The maximum absolute atomic E-state index is 12.4. The van der Waals surface area contributed by atoms with Gasteiger partial charge in [-0.05, 0) is 37.1 Å². The van der Waals surface area contributed by atoms with Crippen LogP contribution >= 0.6 is 0 Å². The lowest BCUT2D eigenvalue weighted by Crippen LogP contribution is -2.25. The molecule has 1 saturated heterocycles. The summed E-state index contributed by atoms with van der Waals surface area (Å²) in [6.07, 6.45) is 2.32. The lowest BCUT2D eigenvalue weighted by molar-refractivity contribution is -0.384. The average Bonchev–Trinajstić information content (AvgIpc) is 3.30. The molecule has 3 aromatic rings. The number of aromatic nitrogens is 1. The molecule has 1 amide bonds. The zero-order chi connectivity index (χ0) is 19.7. The predicted molar refractivity (Wildman–Crippen MR) is 104 cm³/mol. The Morgan fingerprint density at radius 1 is 1.18 bits per heavy atom. The second-order valence-electron chi connectivity index (χ2n) is 6.66. The number of nitrogens with zero attached hydrogens (tertiary/aromatic N) is 3. The van der Waals surface area contributed by atoms with Crippen molar-refractivity contribution in [2.24, 2.45) is 0 Å². The molecule has 144 valence electrons. The number of nitro groups is 1. The molecular weight excluding hydrogens is 364 g/mol. The van der Waals surface area contributed by atoms with Crippen LogP contribution in [0.4, 0.5) is 17.1 Å². The van der Waals surface area contributed by atoms with Crippen molar-refractivity contribution in [2.75, 3.05) is 23.3 Å². The molecule has 9 nitrogen and oxygen atoms in total. The van der Waals surface area contributed by atoms with E-state index in [2.05, 4.69) is 10.2 Å². The van der Waals surface area contributed by atoms with Crippen LogP contribution in [0.25, 0.3) is 11.1 Å². The maximum Gasteiger partial charge on any atom is 0.420 e. The van der Waals surface area contributed by atoms with Gasteiger partial charge in [-0.25, -0.2) is 4.79 Å². The van der Waals surface area contributed by atoms with Crippen molar-refractivity contribution >= 4 is 34.1 Å². The quantitative estimate of drug-likeness (QED) is 0.537. The Morgan fingerprint density at radius 2 is 1.96 bits per heavy atom. The van der Waals surface area contributed by atoms with E-state index in [0.29, 0.717) is 11.2 Å². The smallest absolute Gasteiger partial charge is 0.407 e. The van der Waals surface area contributed by atoms with Crippen molar-refractivity contribution in [3.8, 4) is 0 Å². The summed E-state index contributed by atoms with van der Waals surface area (Å²) in [5.41, 5.74) is 1.91. The van der Waals surface area contributed by atoms with Crippen LogP contribution in [0.15, 0.2) is 51.7 Å². The van der Waals surface area contributed by atoms with Gasteiger partial charge in [0.15, 0.2) is 5.58 Å². The highest BCUT2D eigenvalue weighted by atomic mass is 16.6. The number of benzene rings is 2. The van der Waals surface area contributed by atoms with Gasteiger partial charge < -0.3 is 14.6 Å². The highest BCUT2D eigenvalue weighted by Crippen LogP contribution is 2.24. The van der Waals surface area contributed by atoms with Crippen molar-refractivity contribution in [3.05, 3.63) is 63.1 Å². The Bertz CT molecular complexity index is 1110. The number of rotatable bonds is 5. The maximum atomic E-state index is 12.4. The first-order valence-electron chi connectivity index (χ1n) is 8.94. The summed E-state index contributed by atoms with van der Waals surface area (Å²) in [4.78, 5) is 37.1. The summed E-state index contributed by atoms with van der Waals surface area (Å²) < 4.78 is 6.20. The molecule has 0 atom stereocenters. The molecule has 28 heavy (non-hydrogen) atoms. The van der Waals surface area contributed by atoms with E-state index in [0.717, 1.165) is 36.2 Å². The van der Waals surface area contributed by atoms with E-state index < -0.39 is 10.7 Å². The number of anilines is 2. The highest BCUT2D eigenvalue weighted by Gasteiger charge is 2.17. The van der Waals surface area contributed by atoms with Gasteiger partial charge in [-0.2, -0.15) is 0 Å². The normalized spacial score (nSPS) is 13.8. The molecule has 0 spiro atoms. The molecule has 2 heterocycles.